The van der Waals surface area contributed by atoms with Crippen molar-refractivity contribution in [2.75, 3.05) is 13.1 Å². The van der Waals surface area contributed by atoms with Crippen molar-refractivity contribution >= 4 is 29.8 Å². The molecule has 0 spiro atoms. The quantitative estimate of drug-likeness (QED) is 0.290. The van der Waals surface area contributed by atoms with Crippen LogP contribution in [0.1, 0.15) is 44.2 Å². The van der Waals surface area contributed by atoms with Crippen LogP contribution in [-0.2, 0) is 36.9 Å². The van der Waals surface area contributed by atoms with E-state index in [0.29, 0.717) is 19.4 Å². The molecule has 1 heterocycles. The summed E-state index contributed by atoms with van der Waals surface area (Å²) in [5.41, 5.74) is 1.58. The van der Waals surface area contributed by atoms with Gasteiger partial charge in [0.2, 0.25) is 17.7 Å². The van der Waals surface area contributed by atoms with Crippen LogP contribution in [0.5, 0.6) is 0 Å². The molecule has 0 bridgehead atoms. The summed E-state index contributed by atoms with van der Waals surface area (Å²) >= 11 is 0. The minimum Gasteiger partial charge on any atom is -0.480 e. The van der Waals surface area contributed by atoms with Gasteiger partial charge in [0.15, 0.2) is 0 Å². The van der Waals surface area contributed by atoms with Gasteiger partial charge in [-0.3, -0.25) is 14.4 Å². The summed E-state index contributed by atoms with van der Waals surface area (Å²) in [7, 11) is 0. The number of carbonyl (C=O) groups excluding carboxylic acids is 4. The molecule has 220 valence electrons. The Morgan fingerprint density at radius 2 is 1.56 bits per heavy atom. The van der Waals surface area contributed by atoms with Gasteiger partial charge in [-0.15, -0.1) is 0 Å². The average molecular weight is 567 g/mol. The molecule has 3 rings (SSSR count). The van der Waals surface area contributed by atoms with Gasteiger partial charge in [-0.05, 0) is 36.3 Å². The topological polar surface area (TPSA) is 154 Å². The van der Waals surface area contributed by atoms with Gasteiger partial charge in [0.1, 0.15) is 31.3 Å². The standard InChI is InChI=1S/C30H38N4O7/c1-20(2)16-24(29(38)39)33-27(36)23(17-21-10-5-3-6-11-21)32-28(37)25-14-9-15-34(25)26(35)18-31-30(40)41-19-22-12-7-4-8-13-22/h3-8,10-13,20,23-25H,9,14-19H2,1-2H3,(H,31,40)(H,32,37)(H,33,36)(H,38,39). The van der Waals surface area contributed by atoms with E-state index in [4.69, 9.17) is 4.74 Å². The zero-order valence-electron chi connectivity index (χ0n) is 23.4. The number of aliphatic carboxylic acids is 1. The molecular weight excluding hydrogens is 528 g/mol. The number of ether oxygens (including phenoxy) is 1. The molecule has 1 aliphatic heterocycles. The van der Waals surface area contributed by atoms with Crippen LogP contribution >= 0.6 is 0 Å². The number of alkyl carbamates (subject to hydrolysis) is 1. The van der Waals surface area contributed by atoms with Gasteiger partial charge in [-0.1, -0.05) is 74.5 Å². The Morgan fingerprint density at radius 1 is 0.927 bits per heavy atom. The lowest BCUT2D eigenvalue weighted by Crippen LogP contribution is -2.56. The number of hydrogen-bond donors (Lipinski definition) is 4. The van der Waals surface area contributed by atoms with Crippen molar-refractivity contribution in [3.8, 4) is 0 Å². The molecule has 3 atom stereocenters. The van der Waals surface area contributed by atoms with Crippen molar-refractivity contribution in [3.63, 3.8) is 0 Å². The summed E-state index contributed by atoms with van der Waals surface area (Å²) in [5.74, 6) is -2.71. The van der Waals surface area contributed by atoms with Gasteiger partial charge in [-0.25, -0.2) is 9.59 Å². The molecule has 3 unspecified atom stereocenters. The van der Waals surface area contributed by atoms with Gasteiger partial charge < -0.3 is 30.7 Å². The zero-order chi connectivity index (χ0) is 29.8. The van der Waals surface area contributed by atoms with E-state index in [1.807, 2.05) is 62.4 Å². The second-order valence-electron chi connectivity index (χ2n) is 10.4. The number of hydrogen-bond acceptors (Lipinski definition) is 6. The van der Waals surface area contributed by atoms with Crippen molar-refractivity contribution in [1.29, 1.82) is 0 Å². The number of likely N-dealkylation sites (tertiary alicyclic amines) is 1. The average Bonchev–Trinajstić information content (AvgIpc) is 3.45. The van der Waals surface area contributed by atoms with E-state index in [1.54, 1.807) is 12.1 Å². The van der Waals surface area contributed by atoms with Gasteiger partial charge >= 0.3 is 12.1 Å². The third-order valence-corrected chi connectivity index (χ3v) is 6.71. The van der Waals surface area contributed by atoms with Crippen LogP contribution in [0, 0.1) is 5.92 Å². The first-order chi connectivity index (χ1) is 19.6. The summed E-state index contributed by atoms with van der Waals surface area (Å²) in [6.07, 6.45) is 0.589. The van der Waals surface area contributed by atoms with Crippen molar-refractivity contribution < 1.29 is 33.8 Å². The third kappa shape index (κ3) is 9.93. The van der Waals surface area contributed by atoms with Crippen LogP contribution < -0.4 is 16.0 Å². The maximum atomic E-state index is 13.3. The van der Waals surface area contributed by atoms with Crippen LogP contribution in [0.2, 0.25) is 0 Å². The lowest BCUT2D eigenvalue weighted by molar-refractivity contribution is -0.143. The summed E-state index contributed by atoms with van der Waals surface area (Å²) in [5, 5.41) is 17.3. The Hall–Kier alpha value is -4.41. The number of nitrogens with zero attached hydrogens (tertiary/aromatic N) is 1. The first-order valence-corrected chi connectivity index (χ1v) is 13.8. The number of amides is 4. The number of carbonyl (C=O) groups is 5. The zero-order valence-corrected chi connectivity index (χ0v) is 23.4. The molecule has 4 N–H and O–H groups in total. The van der Waals surface area contributed by atoms with Crippen molar-refractivity contribution in [2.45, 2.75) is 64.3 Å². The highest BCUT2D eigenvalue weighted by Gasteiger charge is 2.36. The van der Waals surface area contributed by atoms with Gasteiger partial charge in [-0.2, -0.15) is 0 Å². The minimum absolute atomic E-state index is 0.0286. The molecule has 1 fully saturated rings. The molecule has 2 aromatic rings. The monoisotopic (exact) mass is 566 g/mol. The Kier molecular flexibility index (Phi) is 11.7. The van der Waals surface area contributed by atoms with E-state index in [-0.39, 0.29) is 31.9 Å². The maximum absolute atomic E-state index is 13.3. The third-order valence-electron chi connectivity index (χ3n) is 6.71. The van der Waals surface area contributed by atoms with Gasteiger partial charge in [0.05, 0.1) is 0 Å². The van der Waals surface area contributed by atoms with Crippen molar-refractivity contribution in [1.82, 2.24) is 20.9 Å². The van der Waals surface area contributed by atoms with Crippen LogP contribution in [-0.4, -0.2) is 71.0 Å². The predicted octanol–water partition coefficient (Wildman–Crippen LogP) is 2.25. The predicted molar refractivity (Wildman–Crippen MR) is 150 cm³/mol. The molecule has 0 saturated carbocycles. The normalized spacial score (nSPS) is 16.0. The van der Waals surface area contributed by atoms with Gasteiger partial charge in [0, 0.05) is 13.0 Å². The fourth-order valence-corrected chi connectivity index (χ4v) is 4.65. The van der Waals surface area contributed by atoms with Crippen molar-refractivity contribution in [3.05, 3.63) is 71.8 Å². The van der Waals surface area contributed by atoms with Crippen LogP contribution in [0.4, 0.5) is 4.79 Å². The number of carboxylic acids is 1. The number of rotatable bonds is 13. The summed E-state index contributed by atoms with van der Waals surface area (Å²) < 4.78 is 5.14. The maximum Gasteiger partial charge on any atom is 0.407 e. The van der Waals surface area contributed by atoms with Crippen LogP contribution in [0.3, 0.4) is 0 Å². The molecule has 11 heteroatoms. The number of benzene rings is 2. The SMILES string of the molecule is CC(C)CC(NC(=O)C(Cc1ccccc1)NC(=O)C1CCCN1C(=O)CNC(=O)OCc1ccccc1)C(=O)O. The lowest BCUT2D eigenvalue weighted by atomic mass is 10.0. The second-order valence-corrected chi connectivity index (χ2v) is 10.4. The first-order valence-electron chi connectivity index (χ1n) is 13.8. The highest BCUT2D eigenvalue weighted by Crippen LogP contribution is 2.18. The first kappa shape index (κ1) is 31.1. The molecule has 11 nitrogen and oxygen atoms in total. The summed E-state index contributed by atoms with van der Waals surface area (Å²) in [4.78, 5) is 64.7. The molecule has 0 radical (unpaired) electrons. The highest BCUT2D eigenvalue weighted by atomic mass is 16.5. The largest absolute Gasteiger partial charge is 0.480 e. The Labute approximate surface area is 239 Å². The molecule has 0 aromatic heterocycles. The van der Waals surface area contributed by atoms with E-state index >= 15 is 0 Å². The summed E-state index contributed by atoms with van der Waals surface area (Å²) in [6, 6.07) is 15.2. The van der Waals surface area contributed by atoms with E-state index in [9.17, 15) is 29.1 Å². The number of nitrogens with one attached hydrogen (secondary N) is 3. The van der Waals surface area contributed by atoms with Crippen molar-refractivity contribution in [2.24, 2.45) is 5.92 Å². The fourth-order valence-electron chi connectivity index (χ4n) is 4.65. The molecule has 1 saturated heterocycles. The molecule has 4 amide bonds. The second kappa shape index (κ2) is 15.4. The minimum atomic E-state index is -1.15. The molecular formula is C30H38N4O7. The van der Waals surface area contributed by atoms with E-state index < -0.39 is 47.9 Å². The smallest absolute Gasteiger partial charge is 0.407 e. The Morgan fingerprint density at radius 3 is 2.17 bits per heavy atom. The Bertz CT molecular complexity index is 1190. The summed E-state index contributed by atoms with van der Waals surface area (Å²) in [6.45, 7) is 3.74. The van der Waals surface area contributed by atoms with E-state index in [1.165, 1.54) is 4.90 Å². The molecule has 0 aliphatic carbocycles. The van der Waals surface area contributed by atoms with E-state index in [0.717, 1.165) is 11.1 Å². The van der Waals surface area contributed by atoms with Crippen LogP contribution in [0.25, 0.3) is 0 Å². The molecule has 1 aliphatic rings. The van der Waals surface area contributed by atoms with Crippen LogP contribution in [0.15, 0.2) is 60.7 Å². The van der Waals surface area contributed by atoms with E-state index in [2.05, 4.69) is 16.0 Å². The molecule has 41 heavy (non-hydrogen) atoms. The lowest BCUT2D eigenvalue weighted by Gasteiger charge is -2.27. The molecule has 2 aromatic carbocycles. The Balaban J connectivity index is 1.61. The van der Waals surface area contributed by atoms with Gasteiger partial charge in [0.25, 0.3) is 0 Å². The number of carboxylic acid groups (broad SMARTS) is 1. The highest BCUT2D eigenvalue weighted by molar-refractivity contribution is 5.94. The fraction of sp³-hybridized carbons (Fsp3) is 0.433.